The van der Waals surface area contributed by atoms with Crippen LogP contribution < -0.4 is 4.90 Å². The van der Waals surface area contributed by atoms with Gasteiger partial charge in [0.15, 0.2) is 0 Å². The van der Waals surface area contributed by atoms with E-state index in [-0.39, 0.29) is 5.70 Å². The Labute approximate surface area is 275 Å². The van der Waals surface area contributed by atoms with Gasteiger partial charge in [0, 0.05) is 22.9 Å². The maximum absolute atomic E-state index is 9.65. The molecule has 0 N–H and O–H groups in total. The van der Waals surface area contributed by atoms with Gasteiger partial charge >= 0.3 is 0 Å². The molecule has 0 aromatic heterocycles. The first-order chi connectivity index (χ1) is 23.1. The van der Waals surface area contributed by atoms with Crippen LogP contribution in [0.3, 0.4) is 0 Å². The van der Waals surface area contributed by atoms with Crippen molar-refractivity contribution in [1.82, 2.24) is 0 Å². The van der Waals surface area contributed by atoms with E-state index >= 15 is 0 Å². The molecule has 6 aromatic rings. The number of hydrogen-bond acceptors (Lipinski definition) is 3. The summed E-state index contributed by atoms with van der Waals surface area (Å²) in [6.07, 6.45) is 6.18. The molecule has 1 aliphatic rings. The normalized spacial score (nSPS) is 17.0. The second-order valence-electron chi connectivity index (χ2n) is 11.8. The Balaban J connectivity index is 1.27. The standard InChI is InChI=1S/C43H31N3O/c1-43(35-16-4-3-5-17-35)29-34(40(30-44)45-2)28-37(47-43)27-24-31-22-25-36(26-23-31)46(41-20-10-14-32-12-6-8-18-38(32)41)42-21-11-15-33-13-7-9-19-39(33)42/h3-28H,29H2,1H3. The zero-order valence-electron chi connectivity index (χ0n) is 26.0. The molecular formula is C43H31N3O. The van der Waals surface area contributed by atoms with Gasteiger partial charge in [0.25, 0.3) is 5.70 Å². The average Bonchev–Trinajstić information content (AvgIpc) is 3.12. The van der Waals surface area contributed by atoms with E-state index in [4.69, 9.17) is 11.3 Å². The summed E-state index contributed by atoms with van der Waals surface area (Å²) in [6.45, 7) is 9.56. The van der Waals surface area contributed by atoms with Crippen LogP contribution in [0.1, 0.15) is 24.5 Å². The van der Waals surface area contributed by atoms with Crippen LogP contribution in [0.15, 0.2) is 169 Å². The lowest BCUT2D eigenvalue weighted by atomic mass is 9.85. The summed E-state index contributed by atoms with van der Waals surface area (Å²) in [7, 11) is 0. The number of ether oxygens (including phenoxy) is 1. The largest absolute Gasteiger partial charge is 0.483 e. The highest BCUT2D eigenvalue weighted by Crippen LogP contribution is 2.43. The third-order valence-corrected chi connectivity index (χ3v) is 8.70. The van der Waals surface area contributed by atoms with Gasteiger partial charge in [-0.15, -0.1) is 0 Å². The maximum Gasteiger partial charge on any atom is 0.265 e. The van der Waals surface area contributed by atoms with Crippen molar-refractivity contribution < 1.29 is 4.74 Å². The summed E-state index contributed by atoms with van der Waals surface area (Å²) in [6, 6.07) is 50.4. The van der Waals surface area contributed by atoms with Gasteiger partial charge in [-0.2, -0.15) is 0 Å². The highest BCUT2D eigenvalue weighted by atomic mass is 16.5. The van der Waals surface area contributed by atoms with Crippen molar-refractivity contribution in [1.29, 1.82) is 5.26 Å². The van der Waals surface area contributed by atoms with Crippen molar-refractivity contribution in [3.63, 3.8) is 0 Å². The van der Waals surface area contributed by atoms with E-state index in [2.05, 4.69) is 125 Å². The SMILES string of the molecule is [C-]#[N+]C(C#N)=C1C=C(C=Cc2ccc(N(c3cccc4ccccc34)c3cccc4ccccc34)cc2)OC(C)(c2ccccc2)C1. The van der Waals surface area contributed by atoms with E-state index in [0.717, 1.165) is 28.2 Å². The monoisotopic (exact) mass is 605 g/mol. The molecule has 0 bridgehead atoms. The molecule has 1 unspecified atom stereocenters. The number of allylic oxidation sites excluding steroid dienone is 3. The van der Waals surface area contributed by atoms with Gasteiger partial charge in [0.1, 0.15) is 11.4 Å². The molecule has 0 saturated heterocycles. The summed E-state index contributed by atoms with van der Waals surface area (Å²) in [4.78, 5) is 5.83. The number of anilines is 3. The molecule has 224 valence electrons. The lowest BCUT2D eigenvalue weighted by Crippen LogP contribution is -2.29. The summed E-state index contributed by atoms with van der Waals surface area (Å²) in [5.74, 6) is 0.603. The summed E-state index contributed by atoms with van der Waals surface area (Å²) in [5.41, 5.74) is 5.30. The predicted molar refractivity (Wildman–Crippen MR) is 192 cm³/mol. The summed E-state index contributed by atoms with van der Waals surface area (Å²) < 4.78 is 6.53. The second kappa shape index (κ2) is 12.6. The zero-order chi connectivity index (χ0) is 32.2. The van der Waals surface area contributed by atoms with Crippen molar-refractivity contribution in [2.75, 3.05) is 4.90 Å². The molecule has 6 aromatic carbocycles. The third-order valence-electron chi connectivity index (χ3n) is 8.70. The van der Waals surface area contributed by atoms with Crippen LogP contribution in [0.4, 0.5) is 17.1 Å². The lowest BCUT2D eigenvalue weighted by Gasteiger charge is -2.36. The number of hydrogen-bond donors (Lipinski definition) is 0. The van der Waals surface area contributed by atoms with Gasteiger partial charge in [0.2, 0.25) is 0 Å². The van der Waals surface area contributed by atoms with Crippen LogP contribution >= 0.6 is 0 Å². The number of nitrogens with zero attached hydrogens (tertiary/aromatic N) is 3. The van der Waals surface area contributed by atoms with Crippen LogP contribution in [0.2, 0.25) is 0 Å². The molecule has 0 saturated carbocycles. The number of fused-ring (bicyclic) bond motifs is 2. The fraction of sp³-hybridized carbons (Fsp3) is 0.0698. The van der Waals surface area contributed by atoms with Gasteiger partial charge in [-0.25, -0.2) is 10.1 Å². The Morgan fingerprint density at radius 2 is 1.32 bits per heavy atom. The summed E-state index contributed by atoms with van der Waals surface area (Å²) in [5, 5.41) is 14.4. The number of benzene rings is 6. The number of rotatable bonds is 6. The van der Waals surface area contributed by atoms with Gasteiger partial charge in [-0.05, 0) is 70.8 Å². The predicted octanol–water partition coefficient (Wildman–Crippen LogP) is 11.4. The van der Waals surface area contributed by atoms with Crippen molar-refractivity contribution in [3.8, 4) is 6.07 Å². The van der Waals surface area contributed by atoms with Crippen molar-refractivity contribution in [3.05, 3.63) is 191 Å². The molecule has 1 atom stereocenters. The molecule has 47 heavy (non-hydrogen) atoms. The Morgan fingerprint density at radius 1 is 0.745 bits per heavy atom. The minimum Gasteiger partial charge on any atom is -0.483 e. The second-order valence-corrected chi connectivity index (χ2v) is 11.8. The highest BCUT2D eigenvalue weighted by molar-refractivity contribution is 6.04. The highest BCUT2D eigenvalue weighted by Gasteiger charge is 2.34. The zero-order valence-corrected chi connectivity index (χ0v) is 26.0. The van der Waals surface area contributed by atoms with Gasteiger partial charge in [-0.1, -0.05) is 121 Å². The van der Waals surface area contributed by atoms with Crippen molar-refractivity contribution in [2.45, 2.75) is 18.9 Å². The van der Waals surface area contributed by atoms with Crippen LogP contribution in [0.5, 0.6) is 0 Å². The maximum atomic E-state index is 9.65. The molecule has 4 heteroatoms. The van der Waals surface area contributed by atoms with E-state index in [1.165, 1.54) is 21.5 Å². The molecule has 0 fully saturated rings. The first kappa shape index (κ1) is 29.4. The Morgan fingerprint density at radius 3 is 1.91 bits per heavy atom. The minimum atomic E-state index is -0.709. The first-order valence-electron chi connectivity index (χ1n) is 15.6. The molecule has 0 spiro atoms. The molecule has 1 heterocycles. The molecule has 7 rings (SSSR count). The van der Waals surface area contributed by atoms with E-state index in [9.17, 15) is 5.26 Å². The van der Waals surface area contributed by atoms with Gasteiger partial charge in [-0.3, -0.25) is 0 Å². The van der Waals surface area contributed by atoms with Gasteiger partial charge in [0.05, 0.1) is 24.0 Å². The van der Waals surface area contributed by atoms with Crippen molar-refractivity contribution in [2.24, 2.45) is 0 Å². The first-order valence-corrected chi connectivity index (χ1v) is 15.6. The molecular weight excluding hydrogens is 574 g/mol. The van der Waals surface area contributed by atoms with Crippen LogP contribution in [-0.4, -0.2) is 0 Å². The molecule has 0 aliphatic carbocycles. The van der Waals surface area contributed by atoms with Gasteiger partial charge < -0.3 is 9.64 Å². The van der Waals surface area contributed by atoms with E-state index in [0.29, 0.717) is 17.8 Å². The number of nitriles is 1. The van der Waals surface area contributed by atoms with E-state index in [1.807, 2.05) is 55.5 Å². The minimum absolute atomic E-state index is 0.0904. The Bertz CT molecular complexity index is 2180. The Kier molecular flexibility index (Phi) is 7.85. The smallest absolute Gasteiger partial charge is 0.265 e. The average molecular weight is 606 g/mol. The lowest BCUT2D eigenvalue weighted by molar-refractivity contribution is 0.0143. The molecule has 0 radical (unpaired) electrons. The molecule has 4 nitrogen and oxygen atoms in total. The van der Waals surface area contributed by atoms with Crippen molar-refractivity contribution >= 4 is 44.7 Å². The summed E-state index contributed by atoms with van der Waals surface area (Å²) >= 11 is 0. The fourth-order valence-corrected chi connectivity index (χ4v) is 6.39. The molecule has 1 aliphatic heterocycles. The topological polar surface area (TPSA) is 40.6 Å². The molecule has 0 amide bonds. The van der Waals surface area contributed by atoms with Crippen LogP contribution in [0.25, 0.3) is 32.5 Å². The third kappa shape index (κ3) is 5.77. The van der Waals surface area contributed by atoms with E-state index < -0.39 is 5.60 Å². The quantitative estimate of drug-likeness (QED) is 0.140. The Hall–Kier alpha value is -6.36. The van der Waals surface area contributed by atoms with Crippen LogP contribution in [0, 0.1) is 17.9 Å². The fourth-order valence-electron chi connectivity index (χ4n) is 6.39. The van der Waals surface area contributed by atoms with E-state index in [1.54, 1.807) is 0 Å². The van der Waals surface area contributed by atoms with Crippen LogP contribution in [-0.2, 0) is 10.3 Å².